The molecule has 0 unspecified atom stereocenters. The number of aliphatic carboxylic acids is 1. The predicted octanol–water partition coefficient (Wildman–Crippen LogP) is -1.82. The first-order valence-corrected chi connectivity index (χ1v) is 3.80. The van der Waals surface area contributed by atoms with E-state index < -0.39 is 12.1 Å². The second-order valence-electron chi connectivity index (χ2n) is 2.24. The van der Waals surface area contributed by atoms with Crippen molar-refractivity contribution in [1.82, 2.24) is 0 Å². The standard InChI is InChI=1S/C4H8O3.C3H8O3/c5-3-1-2-4(6)7;4-1-3(6)2-5/h5H,1-3H2,(H,6,7);3-6H,1-2H2. The zero-order valence-corrected chi connectivity index (χ0v) is 7.26. The highest BCUT2D eigenvalue weighted by Gasteiger charge is 1.93. The summed E-state index contributed by atoms with van der Waals surface area (Å²) in [6.07, 6.45) is -0.531. The molecule has 0 aromatic carbocycles. The van der Waals surface area contributed by atoms with Crippen molar-refractivity contribution in [3.05, 3.63) is 0 Å². The Morgan fingerprint density at radius 2 is 1.62 bits per heavy atom. The summed E-state index contributed by atoms with van der Waals surface area (Å²) in [6, 6.07) is 0. The van der Waals surface area contributed by atoms with E-state index in [2.05, 4.69) is 0 Å². The van der Waals surface area contributed by atoms with E-state index in [1.165, 1.54) is 0 Å². The van der Waals surface area contributed by atoms with Crippen molar-refractivity contribution in [3.63, 3.8) is 0 Å². The highest BCUT2D eigenvalue weighted by atomic mass is 16.4. The molecule has 5 N–H and O–H groups in total. The maximum atomic E-state index is 9.65. The van der Waals surface area contributed by atoms with Gasteiger partial charge in [0, 0.05) is 13.0 Å². The molecule has 0 rings (SSSR count). The molecule has 13 heavy (non-hydrogen) atoms. The Hall–Kier alpha value is -0.690. The first-order valence-electron chi connectivity index (χ1n) is 3.80. The van der Waals surface area contributed by atoms with Crippen LogP contribution in [0.5, 0.6) is 0 Å². The molecule has 0 aliphatic heterocycles. The molecule has 0 radical (unpaired) electrons. The summed E-state index contributed by atoms with van der Waals surface area (Å²) in [5, 5.41) is 40.0. The number of hydrogen-bond donors (Lipinski definition) is 5. The molecule has 0 fully saturated rings. The number of carbonyl (C=O) groups is 1. The maximum absolute atomic E-state index is 9.65. The van der Waals surface area contributed by atoms with E-state index in [1.807, 2.05) is 0 Å². The normalized spacial score (nSPS) is 9.31. The molecule has 0 aromatic heterocycles. The van der Waals surface area contributed by atoms with Crippen molar-refractivity contribution in [2.45, 2.75) is 18.9 Å². The molecule has 0 bridgehead atoms. The largest absolute Gasteiger partial charge is 0.481 e. The van der Waals surface area contributed by atoms with E-state index >= 15 is 0 Å². The van der Waals surface area contributed by atoms with Crippen LogP contribution in [0, 0.1) is 0 Å². The van der Waals surface area contributed by atoms with Crippen LogP contribution < -0.4 is 0 Å². The van der Waals surface area contributed by atoms with E-state index in [-0.39, 0.29) is 26.2 Å². The Balaban J connectivity index is 0. The molecule has 80 valence electrons. The summed E-state index contributed by atoms with van der Waals surface area (Å²) in [4.78, 5) is 9.65. The lowest BCUT2D eigenvalue weighted by atomic mass is 10.3. The fourth-order valence-electron chi connectivity index (χ4n) is 0.288. The highest BCUT2D eigenvalue weighted by molar-refractivity contribution is 5.66. The van der Waals surface area contributed by atoms with Gasteiger partial charge in [0.25, 0.3) is 0 Å². The lowest BCUT2D eigenvalue weighted by molar-refractivity contribution is -0.137. The minimum absolute atomic E-state index is 0.0354. The number of hydrogen-bond acceptors (Lipinski definition) is 5. The van der Waals surface area contributed by atoms with Gasteiger partial charge in [-0.2, -0.15) is 0 Å². The van der Waals surface area contributed by atoms with Crippen LogP contribution in [0.3, 0.4) is 0 Å². The molecule has 0 aliphatic rings. The van der Waals surface area contributed by atoms with Crippen LogP contribution in [0.15, 0.2) is 0 Å². The van der Waals surface area contributed by atoms with Crippen LogP contribution in [0.2, 0.25) is 0 Å². The summed E-state index contributed by atoms with van der Waals surface area (Å²) in [6.45, 7) is -0.765. The summed E-state index contributed by atoms with van der Waals surface area (Å²) < 4.78 is 0. The van der Waals surface area contributed by atoms with Crippen LogP contribution in [-0.4, -0.2) is 57.4 Å². The van der Waals surface area contributed by atoms with Gasteiger partial charge in [0.15, 0.2) is 0 Å². The van der Waals surface area contributed by atoms with Gasteiger partial charge in [0.1, 0.15) is 6.10 Å². The first kappa shape index (κ1) is 14.8. The average Bonchev–Trinajstić information content (AvgIpc) is 2.14. The first-order chi connectivity index (χ1) is 6.08. The molecule has 0 saturated heterocycles. The quantitative estimate of drug-likeness (QED) is 0.353. The summed E-state index contributed by atoms with van der Waals surface area (Å²) in [5.74, 6) is -0.853. The van der Waals surface area contributed by atoms with Crippen molar-refractivity contribution >= 4 is 5.97 Å². The van der Waals surface area contributed by atoms with Gasteiger partial charge >= 0.3 is 5.97 Å². The van der Waals surface area contributed by atoms with E-state index in [1.54, 1.807) is 0 Å². The van der Waals surface area contributed by atoms with Gasteiger partial charge in [0.2, 0.25) is 0 Å². The van der Waals surface area contributed by atoms with Gasteiger partial charge in [-0.25, -0.2) is 0 Å². The van der Waals surface area contributed by atoms with Crippen LogP contribution in [0.25, 0.3) is 0 Å². The summed E-state index contributed by atoms with van der Waals surface area (Å²) in [5.41, 5.74) is 0. The topological polar surface area (TPSA) is 118 Å². The molecule has 0 saturated carbocycles. The molecule has 0 heterocycles. The Morgan fingerprint density at radius 3 is 1.69 bits per heavy atom. The van der Waals surface area contributed by atoms with Gasteiger partial charge in [0.05, 0.1) is 13.2 Å². The summed E-state index contributed by atoms with van der Waals surface area (Å²) >= 11 is 0. The minimum atomic E-state index is -0.954. The maximum Gasteiger partial charge on any atom is 0.303 e. The number of aliphatic hydroxyl groups excluding tert-OH is 4. The Kier molecular flexibility index (Phi) is 12.9. The van der Waals surface area contributed by atoms with Crippen LogP contribution in [0.1, 0.15) is 12.8 Å². The Morgan fingerprint density at radius 1 is 1.15 bits per heavy atom. The van der Waals surface area contributed by atoms with Crippen molar-refractivity contribution in [2.75, 3.05) is 19.8 Å². The second kappa shape index (κ2) is 11.3. The summed E-state index contributed by atoms with van der Waals surface area (Å²) in [7, 11) is 0. The van der Waals surface area contributed by atoms with Crippen molar-refractivity contribution in [3.8, 4) is 0 Å². The van der Waals surface area contributed by atoms with E-state index in [4.69, 9.17) is 25.5 Å². The third-order valence-electron chi connectivity index (χ3n) is 0.970. The van der Waals surface area contributed by atoms with Gasteiger partial charge in [-0.15, -0.1) is 0 Å². The number of carboxylic acids is 1. The van der Waals surface area contributed by atoms with Crippen LogP contribution in [0.4, 0.5) is 0 Å². The third kappa shape index (κ3) is 18.3. The molecular formula is C7H16O6. The lowest BCUT2D eigenvalue weighted by Gasteiger charge is -1.96. The molecule has 6 heteroatoms. The highest BCUT2D eigenvalue weighted by Crippen LogP contribution is 1.83. The minimum Gasteiger partial charge on any atom is -0.481 e. The monoisotopic (exact) mass is 196 g/mol. The Labute approximate surface area is 76.1 Å². The van der Waals surface area contributed by atoms with Crippen molar-refractivity contribution < 1.29 is 30.3 Å². The average molecular weight is 196 g/mol. The van der Waals surface area contributed by atoms with Gasteiger partial charge in [-0.3, -0.25) is 4.79 Å². The molecule has 6 nitrogen and oxygen atoms in total. The Bertz CT molecular complexity index is 112. The zero-order valence-electron chi connectivity index (χ0n) is 7.26. The predicted molar refractivity (Wildman–Crippen MR) is 44.1 cm³/mol. The van der Waals surface area contributed by atoms with E-state index in [9.17, 15) is 4.79 Å². The number of carboxylic acid groups (broad SMARTS) is 1. The smallest absolute Gasteiger partial charge is 0.303 e. The van der Waals surface area contributed by atoms with Gasteiger partial charge in [-0.1, -0.05) is 0 Å². The molecule has 0 spiro atoms. The van der Waals surface area contributed by atoms with Crippen LogP contribution in [-0.2, 0) is 4.79 Å². The number of rotatable bonds is 5. The lowest BCUT2D eigenvalue weighted by Crippen LogP contribution is -2.15. The van der Waals surface area contributed by atoms with Crippen LogP contribution >= 0.6 is 0 Å². The molecule has 0 amide bonds. The second-order valence-corrected chi connectivity index (χ2v) is 2.24. The fraction of sp³-hybridized carbons (Fsp3) is 0.857. The number of aliphatic hydroxyl groups is 4. The molecule has 0 aromatic rings. The van der Waals surface area contributed by atoms with Gasteiger partial charge < -0.3 is 25.5 Å². The third-order valence-corrected chi connectivity index (χ3v) is 0.970. The van der Waals surface area contributed by atoms with Crippen molar-refractivity contribution in [1.29, 1.82) is 0 Å². The van der Waals surface area contributed by atoms with E-state index in [0.29, 0.717) is 6.42 Å². The SMILES string of the molecule is O=C(O)CCCO.OCC(O)CO. The zero-order chi connectivity index (χ0) is 10.7. The fourth-order valence-corrected chi connectivity index (χ4v) is 0.288. The molecular weight excluding hydrogens is 180 g/mol. The molecule has 0 atom stereocenters. The van der Waals surface area contributed by atoms with Gasteiger partial charge in [-0.05, 0) is 6.42 Å². The molecule has 0 aliphatic carbocycles. The van der Waals surface area contributed by atoms with E-state index in [0.717, 1.165) is 0 Å². The van der Waals surface area contributed by atoms with Crippen molar-refractivity contribution in [2.24, 2.45) is 0 Å².